The van der Waals surface area contributed by atoms with Crippen LogP contribution in [0.3, 0.4) is 0 Å². The first kappa shape index (κ1) is 28.7. The number of rotatable bonds is 8. The molecular weight excluding hydrogens is 570 g/mol. The van der Waals surface area contributed by atoms with Crippen LogP contribution in [0.2, 0.25) is 0 Å². The van der Waals surface area contributed by atoms with E-state index >= 15 is 0 Å². The summed E-state index contributed by atoms with van der Waals surface area (Å²) in [5.41, 5.74) is 5.45. The summed E-state index contributed by atoms with van der Waals surface area (Å²) in [5, 5.41) is 16.9. The zero-order valence-electron chi connectivity index (χ0n) is 25.6. The predicted molar refractivity (Wildman–Crippen MR) is 181 cm³/mol. The van der Waals surface area contributed by atoms with Gasteiger partial charge in [0.2, 0.25) is 0 Å². The molecule has 1 atom stereocenters. The highest BCUT2D eigenvalue weighted by Crippen LogP contribution is 2.44. The molecule has 7 rings (SSSR count). The maximum atomic E-state index is 13.2. The van der Waals surface area contributed by atoms with Gasteiger partial charge >= 0.3 is 6.03 Å². The minimum absolute atomic E-state index is 0.187. The SMILES string of the molecule is C[C@@H](NC(=O)Nc1cc2c(cn1)c(-c1ccn(C)n1)nn2C(c1ccccc1)(c1ccccc1)c1ccccc1)c1ccccc1. The molecular formula is C38H33N7O. The Morgan fingerprint density at radius 2 is 1.28 bits per heavy atom. The second-order valence-corrected chi connectivity index (χ2v) is 11.3. The highest BCUT2D eigenvalue weighted by molar-refractivity contribution is 5.96. The normalized spacial score (nSPS) is 12.1. The van der Waals surface area contributed by atoms with E-state index in [0.29, 0.717) is 11.5 Å². The van der Waals surface area contributed by atoms with Crippen molar-refractivity contribution in [2.24, 2.45) is 7.05 Å². The molecule has 3 aromatic heterocycles. The molecule has 0 radical (unpaired) electrons. The van der Waals surface area contributed by atoms with E-state index in [1.54, 1.807) is 10.9 Å². The number of nitrogens with zero attached hydrogens (tertiary/aromatic N) is 5. The molecule has 0 spiro atoms. The smallest absolute Gasteiger partial charge is 0.320 e. The number of nitrogens with one attached hydrogen (secondary N) is 2. The fraction of sp³-hybridized carbons (Fsp3) is 0.105. The van der Waals surface area contributed by atoms with Gasteiger partial charge in [-0.05, 0) is 35.2 Å². The molecule has 0 aliphatic carbocycles. The third kappa shape index (κ3) is 5.20. The molecule has 2 amide bonds. The van der Waals surface area contributed by atoms with E-state index < -0.39 is 5.54 Å². The number of hydrogen-bond donors (Lipinski definition) is 2. The fourth-order valence-electron chi connectivity index (χ4n) is 6.14. The molecule has 0 saturated carbocycles. The van der Waals surface area contributed by atoms with Crippen LogP contribution in [-0.2, 0) is 12.6 Å². The van der Waals surface area contributed by atoms with Gasteiger partial charge in [-0.1, -0.05) is 121 Å². The first-order valence-corrected chi connectivity index (χ1v) is 15.2. The Labute approximate surface area is 267 Å². The number of carbonyl (C=O) groups excluding carboxylic acids is 1. The third-order valence-electron chi connectivity index (χ3n) is 8.30. The summed E-state index contributed by atoms with van der Waals surface area (Å²) >= 11 is 0. The molecule has 2 N–H and O–H groups in total. The minimum atomic E-state index is -0.877. The summed E-state index contributed by atoms with van der Waals surface area (Å²) in [5.74, 6) is 0.405. The summed E-state index contributed by atoms with van der Waals surface area (Å²) in [6, 6.07) is 44.3. The van der Waals surface area contributed by atoms with Crippen molar-refractivity contribution in [3.05, 3.63) is 168 Å². The van der Waals surface area contributed by atoms with Crippen LogP contribution in [0.15, 0.2) is 146 Å². The van der Waals surface area contributed by atoms with Crippen LogP contribution < -0.4 is 10.6 Å². The van der Waals surface area contributed by atoms with E-state index in [0.717, 1.165) is 38.9 Å². The van der Waals surface area contributed by atoms with Gasteiger partial charge in [0.05, 0.1) is 11.6 Å². The number of urea groups is 1. The highest BCUT2D eigenvalue weighted by Gasteiger charge is 2.41. The second kappa shape index (κ2) is 12.2. The van der Waals surface area contributed by atoms with E-state index in [1.807, 2.05) is 117 Å². The molecule has 7 aromatic rings. The summed E-state index contributed by atoms with van der Waals surface area (Å²) in [6.07, 6.45) is 3.67. The van der Waals surface area contributed by atoms with Gasteiger partial charge < -0.3 is 5.32 Å². The lowest BCUT2D eigenvalue weighted by Gasteiger charge is -2.37. The van der Waals surface area contributed by atoms with Crippen LogP contribution in [0, 0.1) is 0 Å². The standard InChI is InChI=1S/C38H33N7O/c1-27(28-15-7-3-8-16-28)40-37(46)41-35-25-34-32(26-39-35)36(33-23-24-44(2)42-33)43-45(34)38(29-17-9-4-10-18-29,30-19-11-5-12-20-30)31-21-13-6-14-22-31/h3-27H,1-2H3,(H2,39,40,41,46)/t27-/m1/s1. The van der Waals surface area contributed by atoms with Crippen molar-refractivity contribution in [2.45, 2.75) is 18.5 Å². The number of aryl methyl sites for hydroxylation is 1. The molecule has 0 saturated heterocycles. The molecule has 46 heavy (non-hydrogen) atoms. The number of hydrogen-bond acceptors (Lipinski definition) is 4. The zero-order chi connectivity index (χ0) is 31.5. The molecule has 0 aliphatic rings. The Bertz CT molecular complexity index is 1990. The van der Waals surface area contributed by atoms with E-state index in [2.05, 4.69) is 56.7 Å². The van der Waals surface area contributed by atoms with Gasteiger partial charge in [0.1, 0.15) is 22.7 Å². The van der Waals surface area contributed by atoms with E-state index in [9.17, 15) is 4.79 Å². The van der Waals surface area contributed by atoms with E-state index in [4.69, 9.17) is 10.2 Å². The van der Waals surface area contributed by atoms with Gasteiger partial charge in [-0.15, -0.1) is 0 Å². The Balaban J connectivity index is 1.45. The first-order chi connectivity index (χ1) is 22.5. The maximum absolute atomic E-state index is 13.2. The first-order valence-electron chi connectivity index (χ1n) is 15.2. The van der Waals surface area contributed by atoms with Gasteiger partial charge in [-0.25, -0.2) is 14.5 Å². The average molecular weight is 604 g/mol. The molecule has 0 fully saturated rings. The molecule has 8 nitrogen and oxygen atoms in total. The van der Waals surface area contributed by atoms with Crippen LogP contribution in [0.1, 0.15) is 35.2 Å². The summed E-state index contributed by atoms with van der Waals surface area (Å²) in [6.45, 7) is 1.95. The number of pyridine rings is 1. The van der Waals surface area contributed by atoms with Crippen molar-refractivity contribution in [1.82, 2.24) is 29.9 Å². The summed E-state index contributed by atoms with van der Waals surface area (Å²) < 4.78 is 3.82. The van der Waals surface area contributed by atoms with Gasteiger partial charge in [-0.3, -0.25) is 10.00 Å². The van der Waals surface area contributed by atoms with Crippen molar-refractivity contribution in [3.63, 3.8) is 0 Å². The van der Waals surface area contributed by atoms with Crippen LogP contribution in [-0.4, -0.2) is 30.6 Å². The second-order valence-electron chi connectivity index (χ2n) is 11.3. The number of anilines is 1. The van der Waals surface area contributed by atoms with Gasteiger partial charge in [0.15, 0.2) is 0 Å². The third-order valence-corrected chi connectivity index (χ3v) is 8.30. The van der Waals surface area contributed by atoms with Crippen molar-refractivity contribution in [2.75, 3.05) is 5.32 Å². The summed E-state index contributed by atoms with van der Waals surface area (Å²) in [7, 11) is 1.89. The predicted octanol–water partition coefficient (Wildman–Crippen LogP) is 7.55. The molecule has 3 heterocycles. The quantitative estimate of drug-likeness (QED) is 0.176. The minimum Gasteiger partial charge on any atom is -0.331 e. The van der Waals surface area contributed by atoms with Gasteiger partial charge in [-0.2, -0.15) is 10.2 Å². The van der Waals surface area contributed by atoms with Crippen molar-refractivity contribution >= 4 is 22.8 Å². The topological polar surface area (TPSA) is 89.7 Å². The maximum Gasteiger partial charge on any atom is 0.320 e. The lowest BCUT2D eigenvalue weighted by molar-refractivity contribution is 0.249. The summed E-state index contributed by atoms with van der Waals surface area (Å²) in [4.78, 5) is 17.9. The zero-order valence-corrected chi connectivity index (χ0v) is 25.6. The lowest BCUT2D eigenvalue weighted by Crippen LogP contribution is -2.38. The largest absolute Gasteiger partial charge is 0.331 e. The Morgan fingerprint density at radius 3 is 1.80 bits per heavy atom. The number of fused-ring (bicyclic) bond motifs is 1. The molecule has 0 aliphatic heterocycles. The van der Waals surface area contributed by atoms with Gasteiger partial charge in [0, 0.05) is 30.9 Å². The Kier molecular flexibility index (Phi) is 7.60. The highest BCUT2D eigenvalue weighted by atomic mass is 16.2. The lowest BCUT2D eigenvalue weighted by atomic mass is 9.77. The monoisotopic (exact) mass is 603 g/mol. The van der Waals surface area contributed by atoms with E-state index in [1.165, 1.54) is 0 Å². The van der Waals surface area contributed by atoms with Crippen molar-refractivity contribution in [1.29, 1.82) is 0 Å². The van der Waals surface area contributed by atoms with Crippen LogP contribution >= 0.6 is 0 Å². The number of benzene rings is 4. The molecule has 4 aromatic carbocycles. The molecule has 0 bridgehead atoms. The van der Waals surface area contributed by atoms with Crippen LogP contribution in [0.25, 0.3) is 22.3 Å². The average Bonchev–Trinajstić information content (AvgIpc) is 3.70. The van der Waals surface area contributed by atoms with Crippen LogP contribution in [0.4, 0.5) is 10.6 Å². The fourth-order valence-corrected chi connectivity index (χ4v) is 6.14. The van der Waals surface area contributed by atoms with Crippen LogP contribution in [0.5, 0.6) is 0 Å². The number of carbonyl (C=O) groups is 1. The molecule has 0 unspecified atom stereocenters. The number of aromatic nitrogens is 5. The molecule has 8 heteroatoms. The number of amides is 2. The molecule has 226 valence electrons. The van der Waals surface area contributed by atoms with Gasteiger partial charge in [0.25, 0.3) is 0 Å². The van der Waals surface area contributed by atoms with E-state index in [-0.39, 0.29) is 12.1 Å². The van der Waals surface area contributed by atoms with Crippen molar-refractivity contribution in [3.8, 4) is 11.4 Å². The Morgan fingerprint density at radius 1 is 0.739 bits per heavy atom. The van der Waals surface area contributed by atoms with Crippen molar-refractivity contribution < 1.29 is 4.79 Å². The Hall–Kier alpha value is -6.02.